The third-order valence-corrected chi connectivity index (χ3v) is 10.8. The van der Waals surface area contributed by atoms with Crippen LogP contribution in [0.3, 0.4) is 0 Å². The van der Waals surface area contributed by atoms with Gasteiger partial charge in [-0.15, -0.1) is 0 Å². The van der Waals surface area contributed by atoms with Gasteiger partial charge in [0.1, 0.15) is 0 Å². The number of aliphatic carboxylic acids is 1. The highest BCUT2D eigenvalue weighted by atomic mass is 16.5. The second-order valence-corrected chi connectivity index (χ2v) is 14.0. The molecule has 2 aliphatic rings. The van der Waals surface area contributed by atoms with Crippen molar-refractivity contribution >= 4 is 57.1 Å². The predicted molar refractivity (Wildman–Crippen MR) is 208 cm³/mol. The van der Waals surface area contributed by atoms with Gasteiger partial charge in [-0.2, -0.15) is 0 Å². The highest BCUT2D eigenvalue weighted by Crippen LogP contribution is 2.43. The molecule has 3 aromatic heterocycles. The van der Waals surface area contributed by atoms with Gasteiger partial charge in [0.05, 0.1) is 35.3 Å². The number of carboxylic acid groups (broad SMARTS) is 1. The van der Waals surface area contributed by atoms with E-state index in [9.17, 15) is 19.5 Å². The van der Waals surface area contributed by atoms with Crippen LogP contribution in [0.25, 0.3) is 39.3 Å². The maximum atomic E-state index is 14.5. The zero-order valence-corrected chi connectivity index (χ0v) is 31.7. The zero-order valence-electron chi connectivity index (χ0n) is 31.7. The van der Waals surface area contributed by atoms with Crippen LogP contribution in [0.1, 0.15) is 146 Å². The number of esters is 1. The molecule has 0 saturated carbocycles. The highest BCUT2D eigenvalue weighted by Gasteiger charge is 2.37. The first kappa shape index (κ1) is 38.2. The van der Waals surface area contributed by atoms with Crippen molar-refractivity contribution in [2.24, 2.45) is 0 Å². The molecule has 52 heavy (non-hydrogen) atoms. The first-order chi connectivity index (χ1) is 24.9. The minimum Gasteiger partial charge on any atom is -0.478 e. The molecule has 10 heteroatoms. The smallest absolute Gasteiger partial charge is 0.338 e. The average Bonchev–Trinajstić information content (AvgIpc) is 3.79. The van der Waals surface area contributed by atoms with Gasteiger partial charge in [-0.1, -0.05) is 65.5 Å². The molecule has 276 valence electrons. The lowest BCUT2D eigenvalue weighted by atomic mass is 9.85. The van der Waals surface area contributed by atoms with E-state index in [2.05, 4.69) is 48.7 Å². The molecule has 0 fully saturated rings. The Kier molecular flexibility index (Phi) is 12.2. The van der Waals surface area contributed by atoms with Crippen molar-refractivity contribution in [1.82, 2.24) is 25.3 Å². The quantitative estimate of drug-likeness (QED) is 0.0964. The maximum Gasteiger partial charge on any atom is 0.338 e. The molecule has 0 unspecified atom stereocenters. The molecule has 3 aromatic rings. The van der Waals surface area contributed by atoms with E-state index in [-0.39, 0.29) is 41.1 Å². The number of methoxy groups -OCH3 is 1. The van der Waals surface area contributed by atoms with Crippen LogP contribution in [0.15, 0.2) is 24.8 Å². The lowest BCUT2D eigenvalue weighted by molar-refractivity contribution is -0.140. The topological polar surface area (TPSA) is 150 Å². The Balaban J connectivity index is 1.87. The van der Waals surface area contributed by atoms with Crippen LogP contribution < -0.4 is 5.32 Å². The lowest BCUT2D eigenvalue weighted by Crippen LogP contribution is -2.27. The van der Waals surface area contributed by atoms with Gasteiger partial charge in [0.25, 0.3) is 5.91 Å². The number of carboxylic acids is 1. The maximum absolute atomic E-state index is 14.5. The van der Waals surface area contributed by atoms with Crippen LogP contribution in [0.5, 0.6) is 0 Å². The molecule has 5 rings (SSSR count). The van der Waals surface area contributed by atoms with Crippen molar-refractivity contribution < 1.29 is 24.2 Å². The molecule has 1 amide bonds. The number of rotatable bonds is 14. The summed E-state index contributed by atoms with van der Waals surface area (Å²) in [6.45, 7) is 16.7. The summed E-state index contributed by atoms with van der Waals surface area (Å²) in [4.78, 5) is 57.2. The van der Waals surface area contributed by atoms with Crippen LogP contribution in [0.4, 0.5) is 0 Å². The Morgan fingerprint density at radius 3 is 2.31 bits per heavy atom. The Bertz CT molecular complexity index is 2090. The number of nitrogens with zero attached hydrogens (tertiary/aromatic N) is 2. The van der Waals surface area contributed by atoms with E-state index in [1.54, 1.807) is 6.92 Å². The van der Waals surface area contributed by atoms with Crippen molar-refractivity contribution in [3.63, 3.8) is 0 Å². The Hall–Kier alpha value is -4.99. The van der Waals surface area contributed by atoms with Crippen LogP contribution in [-0.2, 0) is 20.7 Å². The monoisotopic (exact) mass is 707 g/mol. The average molecular weight is 708 g/mol. The number of amides is 1. The summed E-state index contributed by atoms with van der Waals surface area (Å²) in [5.74, 6) is -2.57. The minimum absolute atomic E-state index is 0.0343. The fraction of sp³-hybridized carbons (Fsp3) is 0.452. The highest BCUT2D eigenvalue weighted by molar-refractivity contribution is 6.26. The number of hydrogen-bond donors (Lipinski definition) is 4. The minimum atomic E-state index is -1.18. The molecule has 0 saturated heterocycles. The first-order valence-electron chi connectivity index (χ1n) is 18.6. The lowest BCUT2D eigenvalue weighted by Gasteiger charge is -2.18. The third kappa shape index (κ3) is 7.61. The van der Waals surface area contributed by atoms with Gasteiger partial charge in [-0.05, 0) is 80.5 Å². The summed E-state index contributed by atoms with van der Waals surface area (Å²) in [6, 6.07) is 5.95. The van der Waals surface area contributed by atoms with Gasteiger partial charge in [-0.3, -0.25) is 14.6 Å². The number of carbonyl (C=O) groups is 3. The number of aromatic nitrogens is 4. The fourth-order valence-corrected chi connectivity index (χ4v) is 7.63. The van der Waals surface area contributed by atoms with E-state index in [0.717, 1.165) is 82.8 Å². The van der Waals surface area contributed by atoms with Gasteiger partial charge in [0.15, 0.2) is 0 Å². The van der Waals surface area contributed by atoms with Crippen LogP contribution in [0, 0.1) is 13.8 Å². The molecule has 0 aromatic carbocycles. The Morgan fingerprint density at radius 2 is 1.63 bits per heavy atom. The number of unbranched alkanes of at least 4 members (excludes halogenated alkanes) is 5. The summed E-state index contributed by atoms with van der Waals surface area (Å²) in [5.41, 5.74) is 9.85. The molecular weight excluding hydrogens is 654 g/mol. The van der Waals surface area contributed by atoms with Gasteiger partial charge in [0, 0.05) is 58.1 Å². The van der Waals surface area contributed by atoms with E-state index in [4.69, 9.17) is 14.7 Å². The van der Waals surface area contributed by atoms with Crippen LogP contribution in [0.2, 0.25) is 0 Å². The number of hydrogen-bond acceptors (Lipinski definition) is 6. The second kappa shape index (κ2) is 16.6. The van der Waals surface area contributed by atoms with E-state index >= 15 is 0 Å². The molecule has 2 atom stereocenters. The van der Waals surface area contributed by atoms with Crippen molar-refractivity contribution in [2.45, 2.75) is 111 Å². The zero-order chi connectivity index (χ0) is 37.7. The van der Waals surface area contributed by atoms with Crippen molar-refractivity contribution in [1.29, 1.82) is 0 Å². The van der Waals surface area contributed by atoms with E-state index < -0.39 is 11.9 Å². The van der Waals surface area contributed by atoms with Gasteiger partial charge in [0.2, 0.25) is 0 Å². The van der Waals surface area contributed by atoms with Gasteiger partial charge < -0.3 is 25.1 Å². The van der Waals surface area contributed by atoms with E-state index in [0.29, 0.717) is 35.6 Å². The van der Waals surface area contributed by atoms with Crippen LogP contribution >= 0.6 is 0 Å². The number of carbonyl (C=O) groups excluding carboxylic acids is 2. The van der Waals surface area contributed by atoms with Crippen molar-refractivity contribution in [3.8, 4) is 0 Å². The number of aromatic amines is 2. The molecule has 0 aliphatic carbocycles. The Morgan fingerprint density at radius 1 is 0.942 bits per heavy atom. The van der Waals surface area contributed by atoms with Crippen LogP contribution in [-0.4, -0.2) is 56.5 Å². The van der Waals surface area contributed by atoms with Gasteiger partial charge in [-0.25, -0.2) is 9.78 Å². The SMILES string of the molecule is C=Cc1c(C)c2cc3nc(c(C(=O)NCCCCCCCC)c4nc(cc5[nH]c(cc1[nH]2)c(C)c5CC)C(C)=C4C(=O)O)[C@@H](CCC(=O)OC)[C@@H]3C. The largest absolute Gasteiger partial charge is 0.478 e. The molecule has 8 bridgehead atoms. The number of fused-ring (bicyclic) bond motifs is 8. The normalized spacial score (nSPS) is 15.5. The third-order valence-electron chi connectivity index (χ3n) is 10.8. The summed E-state index contributed by atoms with van der Waals surface area (Å²) in [6.07, 6.45) is 9.41. The van der Waals surface area contributed by atoms with Crippen molar-refractivity contribution in [3.05, 3.63) is 75.4 Å². The molecule has 10 nitrogen and oxygen atoms in total. The summed E-state index contributed by atoms with van der Waals surface area (Å²) in [5, 5.41) is 13.8. The molecule has 4 N–H and O–H groups in total. The molecule has 0 spiro atoms. The van der Waals surface area contributed by atoms with E-state index in [1.807, 2.05) is 32.1 Å². The number of allylic oxidation sites excluding steroid dienone is 1. The molecule has 0 radical (unpaired) electrons. The fourth-order valence-electron chi connectivity index (χ4n) is 7.63. The standard InChI is InChI=1S/C42H53N5O5/c1-9-12-13-14-15-16-19-43-41(49)38-39-29(17-18-36(48)52-8)25(6)32(46-39)20-30-23(4)27(10-2)34(44-30)21-31-24(5)28(11-3)35(45-31)22-33-26(7)37(42(50)51)40(38)47-33/h10,20-22,25,29,44-45H,2,9,11-19H2,1,3-8H3,(H,43,49)(H,50,51)/t25-,29-/m0/s1. The number of aryl methyl sites for hydroxylation is 3. The predicted octanol–water partition coefficient (Wildman–Crippen LogP) is 9.08. The molecule has 2 aliphatic heterocycles. The molecule has 5 heterocycles. The number of ether oxygens (including phenoxy) is 1. The first-order valence-corrected chi connectivity index (χ1v) is 18.6. The Labute approximate surface area is 306 Å². The number of H-pyrrole nitrogens is 2. The van der Waals surface area contributed by atoms with E-state index in [1.165, 1.54) is 13.5 Å². The summed E-state index contributed by atoms with van der Waals surface area (Å²) >= 11 is 0. The number of nitrogens with one attached hydrogen (secondary N) is 3. The van der Waals surface area contributed by atoms with Gasteiger partial charge >= 0.3 is 11.9 Å². The van der Waals surface area contributed by atoms with Crippen molar-refractivity contribution in [2.75, 3.05) is 13.7 Å². The second-order valence-electron chi connectivity index (χ2n) is 14.0. The summed E-state index contributed by atoms with van der Waals surface area (Å²) in [7, 11) is 1.35. The molecular formula is C42H53N5O5. The summed E-state index contributed by atoms with van der Waals surface area (Å²) < 4.78 is 5.00.